The van der Waals surface area contributed by atoms with Crippen molar-refractivity contribution in [1.29, 1.82) is 0 Å². The van der Waals surface area contributed by atoms with Crippen molar-refractivity contribution in [1.82, 2.24) is 10.2 Å². The summed E-state index contributed by atoms with van der Waals surface area (Å²) in [7, 11) is 1.81. The summed E-state index contributed by atoms with van der Waals surface area (Å²) >= 11 is 0. The summed E-state index contributed by atoms with van der Waals surface area (Å²) in [6.45, 7) is 1.51. The number of hydrogen-bond acceptors (Lipinski definition) is 3. The minimum atomic E-state index is -0.0166. The Morgan fingerprint density at radius 1 is 1.47 bits per heavy atom. The molecule has 0 aromatic heterocycles. The molecular weight excluding hydrogens is 216 g/mol. The zero-order valence-electron chi connectivity index (χ0n) is 10.0. The maximum atomic E-state index is 12.0. The summed E-state index contributed by atoms with van der Waals surface area (Å²) in [4.78, 5) is 13.8. The number of hydrogen-bond donors (Lipinski definition) is 2. The number of phenolic OH excluding ortho intramolecular Hbond substituents is 1. The summed E-state index contributed by atoms with van der Waals surface area (Å²) in [5.41, 5.74) is 1.02. The van der Waals surface area contributed by atoms with Crippen LogP contribution in [0.2, 0.25) is 0 Å². The highest BCUT2D eigenvalue weighted by molar-refractivity contribution is 5.81. The molecule has 17 heavy (non-hydrogen) atoms. The van der Waals surface area contributed by atoms with Crippen LogP contribution in [0.1, 0.15) is 18.4 Å². The molecule has 1 atom stereocenters. The molecule has 4 nitrogen and oxygen atoms in total. The Kier molecular flexibility index (Phi) is 3.64. The number of carbonyl (C=O) groups is 1. The number of likely N-dealkylation sites (N-methyl/N-ethyl adjacent to an activating group) is 1. The molecule has 0 spiro atoms. The van der Waals surface area contributed by atoms with Crippen LogP contribution in [0.5, 0.6) is 5.75 Å². The lowest BCUT2D eigenvalue weighted by Crippen LogP contribution is -2.41. The van der Waals surface area contributed by atoms with Gasteiger partial charge in [0.2, 0.25) is 5.91 Å². The Bertz CT molecular complexity index is 383. The number of amides is 1. The van der Waals surface area contributed by atoms with Crippen LogP contribution in [0.4, 0.5) is 0 Å². The lowest BCUT2D eigenvalue weighted by molar-refractivity contribution is -0.132. The molecule has 1 aliphatic heterocycles. The van der Waals surface area contributed by atoms with E-state index >= 15 is 0 Å². The Morgan fingerprint density at radius 3 is 2.76 bits per heavy atom. The predicted octanol–water partition coefficient (Wildman–Crippen LogP) is 1.10. The Balaban J connectivity index is 1.93. The van der Waals surface area contributed by atoms with E-state index in [1.807, 2.05) is 19.2 Å². The van der Waals surface area contributed by atoms with E-state index in [4.69, 9.17) is 0 Å². The fourth-order valence-corrected chi connectivity index (χ4v) is 2.11. The molecule has 1 fully saturated rings. The van der Waals surface area contributed by atoms with Gasteiger partial charge in [-0.3, -0.25) is 4.79 Å². The molecule has 4 heteroatoms. The first-order chi connectivity index (χ1) is 8.16. The number of carbonyl (C=O) groups excluding carboxylic acids is 1. The average molecular weight is 234 g/mol. The Hall–Kier alpha value is -1.55. The van der Waals surface area contributed by atoms with Gasteiger partial charge in [0.1, 0.15) is 5.75 Å². The topological polar surface area (TPSA) is 52.6 Å². The molecular formula is C13H18N2O2. The zero-order valence-corrected chi connectivity index (χ0v) is 10.0. The number of rotatable bonds is 3. The molecule has 1 aromatic carbocycles. The number of nitrogens with one attached hydrogen (secondary N) is 1. The summed E-state index contributed by atoms with van der Waals surface area (Å²) in [6.07, 6.45) is 2.00. The molecule has 1 amide bonds. The smallest absolute Gasteiger partial charge is 0.239 e. The van der Waals surface area contributed by atoms with Crippen LogP contribution >= 0.6 is 0 Å². The van der Waals surface area contributed by atoms with E-state index in [1.54, 1.807) is 17.0 Å². The van der Waals surface area contributed by atoms with Gasteiger partial charge in [0.05, 0.1) is 6.04 Å². The van der Waals surface area contributed by atoms with Crippen molar-refractivity contribution < 1.29 is 9.90 Å². The molecule has 1 saturated heterocycles. The molecule has 2 rings (SSSR count). The van der Waals surface area contributed by atoms with Gasteiger partial charge in [0.15, 0.2) is 0 Å². The molecule has 0 aliphatic carbocycles. The molecule has 0 unspecified atom stereocenters. The van der Waals surface area contributed by atoms with Gasteiger partial charge in [-0.25, -0.2) is 0 Å². The van der Waals surface area contributed by atoms with Crippen molar-refractivity contribution in [2.75, 3.05) is 13.6 Å². The Morgan fingerprint density at radius 2 is 2.18 bits per heavy atom. The Labute approximate surface area is 101 Å². The van der Waals surface area contributed by atoms with Crippen LogP contribution in [-0.2, 0) is 11.3 Å². The third-order valence-electron chi connectivity index (χ3n) is 3.09. The third kappa shape index (κ3) is 2.97. The fraction of sp³-hybridized carbons (Fsp3) is 0.462. The minimum Gasteiger partial charge on any atom is -0.508 e. The van der Waals surface area contributed by atoms with Crippen molar-refractivity contribution in [3.63, 3.8) is 0 Å². The van der Waals surface area contributed by atoms with Crippen LogP contribution in [0.3, 0.4) is 0 Å². The highest BCUT2D eigenvalue weighted by Gasteiger charge is 2.24. The van der Waals surface area contributed by atoms with Gasteiger partial charge in [-0.2, -0.15) is 0 Å². The summed E-state index contributed by atoms with van der Waals surface area (Å²) in [5, 5.41) is 12.4. The van der Waals surface area contributed by atoms with E-state index in [1.165, 1.54) is 0 Å². The van der Waals surface area contributed by atoms with Crippen molar-refractivity contribution in [3.8, 4) is 5.75 Å². The monoisotopic (exact) mass is 234 g/mol. The van der Waals surface area contributed by atoms with Gasteiger partial charge in [0, 0.05) is 13.6 Å². The second-order valence-corrected chi connectivity index (χ2v) is 4.51. The highest BCUT2D eigenvalue weighted by atomic mass is 16.3. The van der Waals surface area contributed by atoms with E-state index in [9.17, 15) is 9.90 Å². The first kappa shape index (κ1) is 11.9. The standard InChI is InChI=1S/C13H18N2O2/c1-15(13(17)12-3-2-8-14-12)9-10-4-6-11(16)7-5-10/h4-7,12,14,16H,2-3,8-9H2,1H3/t12-/m1/s1. The molecule has 1 heterocycles. The predicted molar refractivity (Wildman–Crippen MR) is 65.6 cm³/mol. The van der Waals surface area contributed by atoms with E-state index in [0.717, 1.165) is 24.9 Å². The first-order valence-corrected chi connectivity index (χ1v) is 5.93. The van der Waals surface area contributed by atoms with Crippen LogP contribution in [0.25, 0.3) is 0 Å². The molecule has 0 radical (unpaired) electrons. The molecule has 2 N–H and O–H groups in total. The van der Waals surface area contributed by atoms with E-state index < -0.39 is 0 Å². The van der Waals surface area contributed by atoms with E-state index in [-0.39, 0.29) is 17.7 Å². The largest absolute Gasteiger partial charge is 0.508 e. The van der Waals surface area contributed by atoms with Crippen LogP contribution in [0, 0.1) is 0 Å². The molecule has 92 valence electrons. The number of benzene rings is 1. The maximum Gasteiger partial charge on any atom is 0.239 e. The minimum absolute atomic E-state index is 0.0166. The summed E-state index contributed by atoms with van der Waals surface area (Å²) in [5.74, 6) is 0.399. The zero-order chi connectivity index (χ0) is 12.3. The van der Waals surface area contributed by atoms with E-state index in [0.29, 0.717) is 6.54 Å². The SMILES string of the molecule is CN(Cc1ccc(O)cc1)C(=O)[C@H]1CCCN1. The number of phenols is 1. The summed E-state index contributed by atoms with van der Waals surface area (Å²) in [6, 6.07) is 6.93. The second kappa shape index (κ2) is 5.19. The van der Waals surface area contributed by atoms with Gasteiger partial charge >= 0.3 is 0 Å². The third-order valence-corrected chi connectivity index (χ3v) is 3.09. The molecule has 0 saturated carbocycles. The van der Waals surface area contributed by atoms with Crippen LogP contribution < -0.4 is 5.32 Å². The normalized spacial score (nSPS) is 19.2. The van der Waals surface area contributed by atoms with Gasteiger partial charge in [-0.05, 0) is 37.1 Å². The summed E-state index contributed by atoms with van der Waals surface area (Å²) < 4.78 is 0. The van der Waals surface area contributed by atoms with E-state index in [2.05, 4.69) is 5.32 Å². The fourth-order valence-electron chi connectivity index (χ4n) is 2.11. The molecule has 1 aliphatic rings. The van der Waals surface area contributed by atoms with Crippen LogP contribution in [0.15, 0.2) is 24.3 Å². The van der Waals surface area contributed by atoms with Crippen molar-refractivity contribution >= 4 is 5.91 Å². The molecule has 0 bridgehead atoms. The highest BCUT2D eigenvalue weighted by Crippen LogP contribution is 2.13. The van der Waals surface area contributed by atoms with Gasteiger partial charge in [-0.1, -0.05) is 12.1 Å². The van der Waals surface area contributed by atoms with Crippen molar-refractivity contribution in [2.24, 2.45) is 0 Å². The first-order valence-electron chi connectivity index (χ1n) is 5.93. The van der Waals surface area contributed by atoms with Crippen molar-refractivity contribution in [3.05, 3.63) is 29.8 Å². The number of aromatic hydroxyl groups is 1. The van der Waals surface area contributed by atoms with Gasteiger partial charge in [0.25, 0.3) is 0 Å². The average Bonchev–Trinajstić information content (AvgIpc) is 2.84. The van der Waals surface area contributed by atoms with Crippen molar-refractivity contribution in [2.45, 2.75) is 25.4 Å². The van der Waals surface area contributed by atoms with Crippen LogP contribution in [-0.4, -0.2) is 35.5 Å². The lowest BCUT2D eigenvalue weighted by atomic mass is 10.1. The quantitative estimate of drug-likeness (QED) is 0.823. The number of nitrogens with zero attached hydrogens (tertiary/aromatic N) is 1. The molecule has 1 aromatic rings. The maximum absolute atomic E-state index is 12.0. The van der Waals surface area contributed by atoms with Gasteiger partial charge in [-0.15, -0.1) is 0 Å². The van der Waals surface area contributed by atoms with Gasteiger partial charge < -0.3 is 15.3 Å². The lowest BCUT2D eigenvalue weighted by Gasteiger charge is -2.21. The second-order valence-electron chi connectivity index (χ2n) is 4.51.